The molecule has 1 atom stereocenters. The van der Waals surface area contributed by atoms with Crippen LogP contribution in [0.4, 0.5) is 0 Å². The number of fused-ring (bicyclic) bond motifs is 1. The van der Waals surface area contributed by atoms with E-state index >= 15 is 0 Å². The van der Waals surface area contributed by atoms with E-state index < -0.39 is 9.84 Å². The van der Waals surface area contributed by atoms with Crippen LogP contribution in [0.15, 0.2) is 65.7 Å². The van der Waals surface area contributed by atoms with Crippen LogP contribution in [0, 0.1) is 6.92 Å². The number of pyridine rings is 3. The van der Waals surface area contributed by atoms with Gasteiger partial charge in [-0.25, -0.2) is 18.4 Å². The number of nitrogens with zero attached hydrogens (tertiary/aromatic N) is 3. The smallest absolute Gasteiger partial charge is 0.251 e. The number of aromatic nitrogens is 3. The van der Waals surface area contributed by atoms with E-state index in [2.05, 4.69) is 15.6 Å². The number of piperidine rings is 1. The van der Waals surface area contributed by atoms with Gasteiger partial charge in [-0.3, -0.25) is 9.78 Å². The summed E-state index contributed by atoms with van der Waals surface area (Å²) in [4.78, 5) is 26.9. The molecule has 1 aliphatic heterocycles. The number of ether oxygens (including phenoxy) is 1. The minimum atomic E-state index is -3.44. The molecular formula is C30H31N5O4S. The number of rotatable bonds is 7. The molecule has 1 aromatic carbocycles. The Labute approximate surface area is 233 Å². The summed E-state index contributed by atoms with van der Waals surface area (Å²) in [5, 5.41) is 7.31. The van der Waals surface area contributed by atoms with Gasteiger partial charge in [0.25, 0.3) is 5.91 Å². The maximum Gasteiger partial charge on any atom is 0.251 e. The molecule has 6 rings (SSSR count). The monoisotopic (exact) mass is 557 g/mol. The van der Waals surface area contributed by atoms with Gasteiger partial charge in [-0.05, 0) is 74.7 Å². The molecule has 40 heavy (non-hydrogen) atoms. The number of sulfone groups is 1. The van der Waals surface area contributed by atoms with E-state index in [4.69, 9.17) is 14.7 Å². The molecule has 4 aromatic rings. The minimum absolute atomic E-state index is 0.145. The first-order valence-electron chi connectivity index (χ1n) is 13.4. The molecule has 3 aromatic heterocycles. The number of carbonyl (C=O) groups excluding carboxylic acids is 1. The predicted molar refractivity (Wildman–Crippen MR) is 152 cm³/mol. The van der Waals surface area contributed by atoms with E-state index in [9.17, 15) is 13.2 Å². The van der Waals surface area contributed by atoms with Crippen LogP contribution in [0.25, 0.3) is 22.3 Å². The fraction of sp³-hybridized carbons (Fsp3) is 0.333. The molecule has 0 bridgehead atoms. The lowest BCUT2D eigenvalue weighted by Gasteiger charge is -2.30. The summed E-state index contributed by atoms with van der Waals surface area (Å²) in [6.45, 7) is 2.84. The van der Waals surface area contributed by atoms with E-state index in [1.807, 2.05) is 36.4 Å². The van der Waals surface area contributed by atoms with Crippen molar-refractivity contribution >= 4 is 26.6 Å². The van der Waals surface area contributed by atoms with E-state index in [0.29, 0.717) is 17.1 Å². The molecule has 2 fully saturated rings. The topological polar surface area (TPSA) is 123 Å². The molecule has 1 saturated heterocycles. The summed E-state index contributed by atoms with van der Waals surface area (Å²) in [6, 6.07) is 16.1. The number of aryl methyl sites for hydroxylation is 1. The van der Waals surface area contributed by atoms with E-state index in [1.165, 1.54) is 18.9 Å². The first-order valence-corrected chi connectivity index (χ1v) is 15.3. The van der Waals surface area contributed by atoms with Crippen molar-refractivity contribution in [3.63, 3.8) is 0 Å². The van der Waals surface area contributed by atoms with Crippen molar-refractivity contribution in [2.75, 3.05) is 12.8 Å². The zero-order valence-electron chi connectivity index (χ0n) is 22.5. The highest BCUT2D eigenvalue weighted by Crippen LogP contribution is 2.42. The lowest BCUT2D eigenvalue weighted by Crippen LogP contribution is -2.44. The molecule has 2 aliphatic rings. The summed E-state index contributed by atoms with van der Waals surface area (Å²) in [7, 11) is -3.44. The summed E-state index contributed by atoms with van der Waals surface area (Å²) in [5.41, 5.74) is 3.96. The second-order valence-corrected chi connectivity index (χ2v) is 12.8. The second-order valence-electron chi connectivity index (χ2n) is 10.8. The first kappa shape index (κ1) is 26.3. The van der Waals surface area contributed by atoms with Gasteiger partial charge in [0.2, 0.25) is 5.88 Å². The van der Waals surface area contributed by atoms with Crippen molar-refractivity contribution in [1.82, 2.24) is 25.6 Å². The molecular weight excluding hydrogens is 526 g/mol. The first-order chi connectivity index (χ1) is 19.2. The third-order valence-electron chi connectivity index (χ3n) is 7.62. The Morgan fingerprint density at radius 1 is 1.10 bits per heavy atom. The SMILES string of the molecule is Cc1ccc(C(=O)NCc2cc3nc(-c4cccc(OC5CCNC6(CC6)C5)n4)ccc3cn2)cc1S(C)(=O)=O. The molecule has 2 N–H and O–H groups in total. The Balaban J connectivity index is 1.16. The van der Waals surface area contributed by atoms with E-state index in [1.54, 1.807) is 25.3 Å². The van der Waals surface area contributed by atoms with Crippen molar-refractivity contribution in [1.29, 1.82) is 0 Å². The summed E-state index contributed by atoms with van der Waals surface area (Å²) in [6.07, 6.45) is 7.44. The fourth-order valence-electron chi connectivity index (χ4n) is 5.25. The number of benzene rings is 1. The van der Waals surface area contributed by atoms with Gasteiger partial charge >= 0.3 is 0 Å². The maximum atomic E-state index is 12.8. The van der Waals surface area contributed by atoms with Crippen LogP contribution < -0.4 is 15.4 Å². The zero-order valence-corrected chi connectivity index (χ0v) is 23.3. The molecule has 0 radical (unpaired) electrons. The Morgan fingerprint density at radius 3 is 2.73 bits per heavy atom. The van der Waals surface area contributed by atoms with E-state index in [-0.39, 0.29) is 34.6 Å². The Bertz CT molecular complexity index is 1720. The Morgan fingerprint density at radius 2 is 1.93 bits per heavy atom. The van der Waals surface area contributed by atoms with Crippen LogP contribution in [0.1, 0.15) is 47.3 Å². The van der Waals surface area contributed by atoms with Crippen molar-refractivity contribution in [3.8, 4) is 17.3 Å². The van der Waals surface area contributed by atoms with Crippen LogP contribution in [0.5, 0.6) is 5.88 Å². The second kappa shape index (κ2) is 10.3. The predicted octanol–water partition coefficient (Wildman–Crippen LogP) is 4.00. The normalized spacial score (nSPS) is 18.0. The summed E-state index contributed by atoms with van der Waals surface area (Å²) < 4.78 is 30.3. The van der Waals surface area contributed by atoms with Crippen molar-refractivity contribution in [2.24, 2.45) is 0 Å². The van der Waals surface area contributed by atoms with Crippen LogP contribution in [-0.2, 0) is 16.4 Å². The fourth-order valence-corrected chi connectivity index (χ4v) is 6.24. The highest BCUT2D eigenvalue weighted by atomic mass is 32.2. The number of hydrogen-bond donors (Lipinski definition) is 2. The van der Waals surface area contributed by atoms with Gasteiger partial charge in [-0.1, -0.05) is 12.1 Å². The molecule has 206 valence electrons. The average molecular weight is 558 g/mol. The van der Waals surface area contributed by atoms with Crippen LogP contribution in [-0.4, -0.2) is 53.7 Å². The van der Waals surface area contributed by atoms with Gasteiger partial charge in [0, 0.05) is 41.4 Å². The largest absolute Gasteiger partial charge is 0.474 e. The van der Waals surface area contributed by atoms with Gasteiger partial charge in [-0.2, -0.15) is 0 Å². The van der Waals surface area contributed by atoms with Gasteiger partial charge in [0.05, 0.1) is 34.0 Å². The number of nitrogens with one attached hydrogen (secondary N) is 2. The van der Waals surface area contributed by atoms with Gasteiger partial charge < -0.3 is 15.4 Å². The molecule has 1 amide bonds. The van der Waals surface area contributed by atoms with Crippen LogP contribution in [0.3, 0.4) is 0 Å². The standard InChI is InChI=1S/C30H31N5O4S/c1-19-6-7-20(14-27(19)40(2,37)38)29(36)32-18-22-15-26-21(17-31-22)8-9-25(34-26)24-4-3-5-28(35-24)39-23-10-13-33-30(16-23)11-12-30/h3-9,14-15,17,23,33H,10-13,16,18H2,1-2H3,(H,32,36). The quantitative estimate of drug-likeness (QED) is 0.350. The van der Waals surface area contributed by atoms with Gasteiger partial charge in [0.1, 0.15) is 6.10 Å². The third kappa shape index (κ3) is 5.68. The third-order valence-corrected chi connectivity index (χ3v) is 8.86. The van der Waals surface area contributed by atoms with Crippen LogP contribution in [0.2, 0.25) is 0 Å². The highest BCUT2D eigenvalue weighted by molar-refractivity contribution is 7.90. The lowest BCUT2D eigenvalue weighted by molar-refractivity contribution is 0.0950. The van der Waals surface area contributed by atoms with Crippen LogP contribution >= 0.6 is 0 Å². The van der Waals surface area contributed by atoms with Crippen molar-refractivity contribution in [2.45, 2.75) is 55.7 Å². The molecule has 9 nitrogen and oxygen atoms in total. The molecule has 1 saturated carbocycles. The summed E-state index contributed by atoms with van der Waals surface area (Å²) in [5.74, 6) is 0.228. The maximum absolute atomic E-state index is 12.8. The molecule has 1 aliphatic carbocycles. The highest BCUT2D eigenvalue weighted by Gasteiger charge is 2.46. The summed E-state index contributed by atoms with van der Waals surface area (Å²) >= 11 is 0. The van der Waals surface area contributed by atoms with Gasteiger partial charge in [0.15, 0.2) is 9.84 Å². The number of carbonyl (C=O) groups is 1. The Hall–Kier alpha value is -3.89. The zero-order chi connectivity index (χ0) is 27.9. The van der Waals surface area contributed by atoms with Crippen molar-refractivity contribution in [3.05, 3.63) is 77.6 Å². The number of amides is 1. The average Bonchev–Trinajstić information content (AvgIpc) is 3.68. The lowest BCUT2D eigenvalue weighted by atomic mass is 10.00. The van der Waals surface area contributed by atoms with E-state index in [0.717, 1.165) is 47.9 Å². The van der Waals surface area contributed by atoms with Crippen molar-refractivity contribution < 1.29 is 17.9 Å². The molecule has 10 heteroatoms. The molecule has 1 spiro atoms. The molecule has 4 heterocycles. The van der Waals surface area contributed by atoms with Gasteiger partial charge in [-0.15, -0.1) is 0 Å². The molecule has 1 unspecified atom stereocenters. The Kier molecular flexibility index (Phi) is 6.75. The number of hydrogen-bond acceptors (Lipinski definition) is 8. The minimum Gasteiger partial charge on any atom is -0.474 e.